The summed E-state index contributed by atoms with van der Waals surface area (Å²) in [5.41, 5.74) is 3.99. The van der Waals surface area contributed by atoms with Crippen LogP contribution in [0.5, 0.6) is 0 Å². The lowest BCUT2D eigenvalue weighted by Crippen LogP contribution is -2.46. The Kier molecular flexibility index (Phi) is 7.50. The van der Waals surface area contributed by atoms with E-state index in [4.69, 9.17) is 9.97 Å². The van der Waals surface area contributed by atoms with Crippen molar-refractivity contribution in [2.45, 2.75) is 38.6 Å². The number of piperazine rings is 1. The number of hydrogen-bond acceptors (Lipinski definition) is 6. The van der Waals surface area contributed by atoms with Crippen molar-refractivity contribution < 1.29 is 4.79 Å². The number of aromatic nitrogens is 2. The van der Waals surface area contributed by atoms with Crippen LogP contribution < -0.4 is 10.2 Å². The van der Waals surface area contributed by atoms with E-state index in [0.29, 0.717) is 12.1 Å². The van der Waals surface area contributed by atoms with Gasteiger partial charge in [0.1, 0.15) is 5.82 Å². The standard InChI is InChI=1S/C22H31N5OS/c1-5-23-21(28)19-9-7-8-18(14-19)15-29-22-24-17(4)16(3)20(25-22)27-12-10-26(6-2)11-13-27/h7-9,14H,5-6,10-13,15H2,1-4H3,(H,23,28). The first-order chi connectivity index (χ1) is 14.0. The summed E-state index contributed by atoms with van der Waals surface area (Å²) < 4.78 is 0. The van der Waals surface area contributed by atoms with Gasteiger partial charge in [-0.05, 0) is 45.0 Å². The van der Waals surface area contributed by atoms with Crippen LogP contribution in [0.1, 0.15) is 41.0 Å². The van der Waals surface area contributed by atoms with Gasteiger partial charge in [0.15, 0.2) is 5.16 Å². The van der Waals surface area contributed by atoms with Gasteiger partial charge in [-0.25, -0.2) is 9.97 Å². The van der Waals surface area contributed by atoms with E-state index in [2.05, 4.69) is 35.9 Å². The third kappa shape index (κ3) is 5.48. The first-order valence-corrected chi connectivity index (χ1v) is 11.3. The number of hydrogen-bond donors (Lipinski definition) is 1. The number of carbonyl (C=O) groups is 1. The molecule has 3 rings (SSSR count). The number of anilines is 1. The second-order valence-corrected chi connectivity index (χ2v) is 8.25. The number of likely N-dealkylation sites (N-methyl/N-ethyl adjacent to an activating group) is 1. The number of nitrogens with zero attached hydrogens (tertiary/aromatic N) is 4. The Bertz CT molecular complexity index is 849. The Morgan fingerprint density at radius 3 is 2.59 bits per heavy atom. The molecule has 156 valence electrons. The number of benzene rings is 1. The third-order valence-electron chi connectivity index (χ3n) is 5.36. The predicted octanol–water partition coefficient (Wildman–Crippen LogP) is 3.28. The van der Waals surface area contributed by atoms with Gasteiger partial charge in [-0.1, -0.05) is 30.8 Å². The van der Waals surface area contributed by atoms with Gasteiger partial charge in [0.05, 0.1) is 0 Å². The fraction of sp³-hybridized carbons (Fsp3) is 0.500. The van der Waals surface area contributed by atoms with Crippen molar-refractivity contribution in [2.24, 2.45) is 0 Å². The van der Waals surface area contributed by atoms with E-state index < -0.39 is 0 Å². The number of thioether (sulfide) groups is 1. The summed E-state index contributed by atoms with van der Waals surface area (Å²) in [5.74, 6) is 1.76. The largest absolute Gasteiger partial charge is 0.354 e. The van der Waals surface area contributed by atoms with E-state index in [1.165, 1.54) is 0 Å². The molecule has 1 aromatic carbocycles. The van der Waals surface area contributed by atoms with Crippen LogP contribution in [0.15, 0.2) is 29.4 Å². The van der Waals surface area contributed by atoms with Crippen LogP contribution in [0.3, 0.4) is 0 Å². The van der Waals surface area contributed by atoms with Crippen LogP contribution in [-0.2, 0) is 5.75 Å². The van der Waals surface area contributed by atoms with E-state index in [1.54, 1.807) is 11.8 Å². The molecule has 0 atom stereocenters. The molecule has 7 heteroatoms. The maximum absolute atomic E-state index is 12.1. The smallest absolute Gasteiger partial charge is 0.251 e. The zero-order valence-electron chi connectivity index (χ0n) is 17.9. The van der Waals surface area contributed by atoms with Crippen molar-refractivity contribution in [2.75, 3.05) is 44.2 Å². The van der Waals surface area contributed by atoms with Crippen molar-refractivity contribution in [3.8, 4) is 0 Å². The second-order valence-electron chi connectivity index (χ2n) is 7.31. The topological polar surface area (TPSA) is 61.4 Å². The fourth-order valence-corrected chi connectivity index (χ4v) is 4.28. The van der Waals surface area contributed by atoms with Crippen LogP contribution in [-0.4, -0.2) is 60.0 Å². The Hall–Kier alpha value is -2.12. The van der Waals surface area contributed by atoms with Crippen LogP contribution in [0.2, 0.25) is 0 Å². The Balaban J connectivity index is 1.71. The molecule has 1 N–H and O–H groups in total. The summed E-state index contributed by atoms with van der Waals surface area (Å²) in [6.07, 6.45) is 0. The Morgan fingerprint density at radius 2 is 1.90 bits per heavy atom. The van der Waals surface area contributed by atoms with Gasteiger partial charge >= 0.3 is 0 Å². The number of amides is 1. The lowest BCUT2D eigenvalue weighted by atomic mass is 10.1. The van der Waals surface area contributed by atoms with Crippen LogP contribution in [0, 0.1) is 13.8 Å². The summed E-state index contributed by atoms with van der Waals surface area (Å²) in [4.78, 5) is 26.5. The first-order valence-electron chi connectivity index (χ1n) is 10.3. The highest BCUT2D eigenvalue weighted by atomic mass is 32.2. The molecule has 2 aromatic rings. The minimum Gasteiger partial charge on any atom is -0.354 e. The summed E-state index contributed by atoms with van der Waals surface area (Å²) in [5, 5.41) is 3.64. The van der Waals surface area contributed by atoms with Gasteiger partial charge in [-0.2, -0.15) is 0 Å². The van der Waals surface area contributed by atoms with Crippen molar-refractivity contribution in [3.05, 3.63) is 46.6 Å². The van der Waals surface area contributed by atoms with Gasteiger partial charge in [0, 0.05) is 55.3 Å². The van der Waals surface area contributed by atoms with E-state index >= 15 is 0 Å². The molecule has 1 amide bonds. The first kappa shape index (κ1) is 21.6. The average Bonchev–Trinajstić information content (AvgIpc) is 2.75. The average molecular weight is 414 g/mol. The fourth-order valence-electron chi connectivity index (χ4n) is 3.45. The van der Waals surface area contributed by atoms with Crippen molar-refractivity contribution in [1.29, 1.82) is 0 Å². The Morgan fingerprint density at radius 1 is 1.14 bits per heavy atom. The summed E-state index contributed by atoms with van der Waals surface area (Å²) >= 11 is 1.62. The maximum Gasteiger partial charge on any atom is 0.251 e. The highest BCUT2D eigenvalue weighted by molar-refractivity contribution is 7.98. The molecule has 6 nitrogen and oxygen atoms in total. The van der Waals surface area contributed by atoms with E-state index in [1.807, 2.05) is 31.2 Å². The second kappa shape index (κ2) is 10.1. The monoisotopic (exact) mass is 413 g/mol. The molecule has 1 aliphatic rings. The van der Waals surface area contributed by atoms with Gasteiger partial charge in [0.2, 0.25) is 0 Å². The SMILES string of the molecule is CCNC(=O)c1cccc(CSc2nc(C)c(C)c(N3CCN(CC)CC3)n2)c1. The highest BCUT2D eigenvalue weighted by Gasteiger charge is 2.20. The van der Waals surface area contributed by atoms with Gasteiger partial charge in [-0.3, -0.25) is 4.79 Å². The van der Waals surface area contributed by atoms with E-state index in [0.717, 1.165) is 66.3 Å². The molecule has 2 heterocycles. The van der Waals surface area contributed by atoms with Crippen molar-refractivity contribution in [1.82, 2.24) is 20.2 Å². The quantitative estimate of drug-likeness (QED) is 0.555. The molecule has 0 bridgehead atoms. The molecule has 1 aromatic heterocycles. The lowest BCUT2D eigenvalue weighted by molar-refractivity contribution is 0.0955. The highest BCUT2D eigenvalue weighted by Crippen LogP contribution is 2.27. The third-order valence-corrected chi connectivity index (χ3v) is 6.27. The molecule has 0 spiro atoms. The van der Waals surface area contributed by atoms with Crippen LogP contribution in [0.4, 0.5) is 5.82 Å². The minimum absolute atomic E-state index is 0.0321. The van der Waals surface area contributed by atoms with Gasteiger partial charge < -0.3 is 15.1 Å². The lowest BCUT2D eigenvalue weighted by Gasteiger charge is -2.35. The number of rotatable bonds is 7. The van der Waals surface area contributed by atoms with E-state index in [-0.39, 0.29) is 5.91 Å². The number of aryl methyl sites for hydroxylation is 1. The maximum atomic E-state index is 12.1. The number of carbonyl (C=O) groups excluding carboxylic acids is 1. The van der Waals surface area contributed by atoms with Crippen molar-refractivity contribution in [3.63, 3.8) is 0 Å². The molecule has 0 aliphatic carbocycles. The summed E-state index contributed by atoms with van der Waals surface area (Å²) in [6.45, 7) is 14.2. The molecular formula is C22H31N5OS. The molecule has 29 heavy (non-hydrogen) atoms. The van der Waals surface area contributed by atoms with E-state index in [9.17, 15) is 4.79 Å². The predicted molar refractivity (Wildman–Crippen MR) is 120 cm³/mol. The molecule has 1 fully saturated rings. The molecule has 1 aliphatic heterocycles. The van der Waals surface area contributed by atoms with Gasteiger partial charge in [0.25, 0.3) is 5.91 Å². The van der Waals surface area contributed by atoms with Crippen molar-refractivity contribution >= 4 is 23.5 Å². The van der Waals surface area contributed by atoms with Crippen LogP contribution in [0.25, 0.3) is 0 Å². The zero-order chi connectivity index (χ0) is 20.8. The number of nitrogens with one attached hydrogen (secondary N) is 1. The Labute approximate surface area is 178 Å². The molecule has 0 saturated carbocycles. The molecular weight excluding hydrogens is 382 g/mol. The molecule has 0 radical (unpaired) electrons. The summed E-state index contributed by atoms with van der Waals surface area (Å²) in [6, 6.07) is 7.77. The summed E-state index contributed by atoms with van der Waals surface area (Å²) in [7, 11) is 0. The minimum atomic E-state index is -0.0321. The van der Waals surface area contributed by atoms with Gasteiger partial charge in [-0.15, -0.1) is 0 Å². The zero-order valence-corrected chi connectivity index (χ0v) is 18.7. The van der Waals surface area contributed by atoms with Crippen LogP contribution >= 0.6 is 11.8 Å². The normalized spacial score (nSPS) is 14.8. The molecule has 0 unspecified atom stereocenters. The molecule has 1 saturated heterocycles.